The summed E-state index contributed by atoms with van der Waals surface area (Å²) in [5.41, 5.74) is 4.91. The van der Waals surface area contributed by atoms with Gasteiger partial charge in [-0.2, -0.15) is 0 Å². The topological polar surface area (TPSA) is 41.5 Å². The Morgan fingerprint density at radius 2 is 1.63 bits per heavy atom. The first kappa shape index (κ1) is 17.1. The molecule has 2 aliphatic heterocycles. The second kappa shape index (κ2) is 7.20. The number of rotatable bonds is 2. The Labute approximate surface area is 161 Å². The number of hydrogen-bond acceptors (Lipinski definition) is 3. The maximum absolute atomic E-state index is 9.57. The number of nitrogens with one attached hydrogen (secondary N) is 1. The molecule has 2 N–H and O–H groups in total. The molecule has 3 heteroatoms. The summed E-state index contributed by atoms with van der Waals surface area (Å²) in [4.78, 5) is 0. The predicted octanol–water partition coefficient (Wildman–Crippen LogP) is 5.90. The quantitative estimate of drug-likeness (QED) is 0.698. The zero-order chi connectivity index (χ0) is 18.2. The molecule has 0 spiro atoms. The Hall–Kier alpha value is -2.00. The van der Waals surface area contributed by atoms with E-state index < -0.39 is 0 Å². The Morgan fingerprint density at radius 3 is 2.44 bits per heavy atom. The first-order chi connectivity index (χ1) is 13.3. The Bertz CT molecular complexity index is 795. The highest BCUT2D eigenvalue weighted by molar-refractivity contribution is 5.70. The molecule has 2 aromatic rings. The van der Waals surface area contributed by atoms with Gasteiger partial charge in [0.05, 0.1) is 6.10 Å². The van der Waals surface area contributed by atoms with E-state index in [-0.39, 0.29) is 6.10 Å². The number of ether oxygens (including phenoxy) is 1. The van der Waals surface area contributed by atoms with Gasteiger partial charge in [0.15, 0.2) is 0 Å². The molecule has 1 saturated carbocycles. The summed E-state index contributed by atoms with van der Waals surface area (Å²) >= 11 is 0. The van der Waals surface area contributed by atoms with Crippen LogP contribution in [-0.4, -0.2) is 17.8 Å². The van der Waals surface area contributed by atoms with Gasteiger partial charge in [0.2, 0.25) is 0 Å². The highest BCUT2D eigenvalue weighted by Crippen LogP contribution is 2.48. The summed E-state index contributed by atoms with van der Waals surface area (Å²) < 4.78 is 6.36. The van der Waals surface area contributed by atoms with Gasteiger partial charge in [0, 0.05) is 29.8 Å². The Balaban J connectivity index is 1.50. The van der Waals surface area contributed by atoms with E-state index in [0.717, 1.165) is 18.1 Å². The Kier molecular flexibility index (Phi) is 4.56. The van der Waals surface area contributed by atoms with Crippen molar-refractivity contribution in [3.05, 3.63) is 48.0 Å². The van der Waals surface area contributed by atoms with E-state index in [9.17, 15) is 5.11 Å². The molecule has 2 heterocycles. The van der Waals surface area contributed by atoms with E-state index in [1.165, 1.54) is 61.8 Å². The van der Waals surface area contributed by atoms with Crippen LogP contribution < -0.4 is 5.32 Å². The third kappa shape index (κ3) is 3.23. The van der Waals surface area contributed by atoms with Gasteiger partial charge >= 0.3 is 0 Å². The molecule has 142 valence electrons. The molecule has 0 bridgehead atoms. The molecule has 5 rings (SSSR count). The third-order valence-electron chi connectivity index (χ3n) is 6.87. The fourth-order valence-electron chi connectivity index (χ4n) is 5.50. The SMILES string of the molecule is Oc1ccc(-c2ccc3c(c2)C2OCCCC2C(C2CCCCC2)N3)cc1. The van der Waals surface area contributed by atoms with Crippen molar-refractivity contribution in [3.8, 4) is 16.9 Å². The minimum atomic E-state index is 0.221. The highest BCUT2D eigenvalue weighted by Gasteiger charge is 2.42. The van der Waals surface area contributed by atoms with Crippen molar-refractivity contribution in [2.24, 2.45) is 11.8 Å². The molecule has 0 radical (unpaired) electrons. The Morgan fingerprint density at radius 1 is 0.852 bits per heavy atom. The number of fused-ring (bicyclic) bond motifs is 3. The third-order valence-corrected chi connectivity index (χ3v) is 6.87. The van der Waals surface area contributed by atoms with Crippen molar-refractivity contribution in [1.29, 1.82) is 0 Å². The van der Waals surface area contributed by atoms with Crippen LogP contribution in [-0.2, 0) is 4.74 Å². The largest absolute Gasteiger partial charge is 0.508 e. The number of phenolic OH excluding ortho intramolecular Hbond substituents is 1. The molecule has 3 nitrogen and oxygen atoms in total. The molecule has 1 aliphatic carbocycles. The van der Waals surface area contributed by atoms with Gasteiger partial charge < -0.3 is 15.2 Å². The standard InChI is InChI=1S/C24H29NO2/c26-19-11-8-16(9-12-19)18-10-13-22-21(15-18)24-20(7-4-14-27-24)23(25-22)17-5-2-1-3-6-17/h8-13,15,17,20,23-26H,1-7,14H2. The van der Waals surface area contributed by atoms with Crippen molar-refractivity contribution in [2.45, 2.75) is 57.1 Å². The molecular weight excluding hydrogens is 334 g/mol. The van der Waals surface area contributed by atoms with Crippen LogP contribution in [0.15, 0.2) is 42.5 Å². The molecule has 2 aromatic carbocycles. The lowest BCUT2D eigenvalue weighted by molar-refractivity contribution is -0.0457. The number of hydrogen-bond donors (Lipinski definition) is 2. The molecule has 3 aliphatic rings. The number of aromatic hydroxyl groups is 1. The molecule has 3 unspecified atom stereocenters. The monoisotopic (exact) mass is 363 g/mol. The minimum Gasteiger partial charge on any atom is -0.508 e. The van der Waals surface area contributed by atoms with Crippen molar-refractivity contribution >= 4 is 5.69 Å². The van der Waals surface area contributed by atoms with Crippen LogP contribution in [0.3, 0.4) is 0 Å². The summed E-state index contributed by atoms with van der Waals surface area (Å²) in [5.74, 6) is 1.69. The highest BCUT2D eigenvalue weighted by atomic mass is 16.5. The molecule has 0 amide bonds. The average molecular weight is 364 g/mol. The summed E-state index contributed by atoms with van der Waals surface area (Å²) in [6.07, 6.45) is 9.56. The van der Waals surface area contributed by atoms with Crippen molar-refractivity contribution in [1.82, 2.24) is 0 Å². The van der Waals surface area contributed by atoms with Crippen LogP contribution in [0, 0.1) is 11.8 Å². The summed E-state index contributed by atoms with van der Waals surface area (Å²) in [7, 11) is 0. The van der Waals surface area contributed by atoms with E-state index in [0.29, 0.717) is 17.7 Å². The average Bonchev–Trinajstić information content (AvgIpc) is 2.74. The minimum absolute atomic E-state index is 0.221. The first-order valence-electron chi connectivity index (χ1n) is 10.6. The van der Waals surface area contributed by atoms with Gasteiger partial charge in [-0.25, -0.2) is 0 Å². The molecule has 1 saturated heterocycles. The van der Waals surface area contributed by atoms with Gasteiger partial charge in [-0.05, 0) is 67.0 Å². The molecule has 2 fully saturated rings. The molecular formula is C24H29NO2. The lowest BCUT2D eigenvalue weighted by Crippen LogP contribution is -2.46. The predicted molar refractivity (Wildman–Crippen MR) is 109 cm³/mol. The molecule has 3 atom stereocenters. The zero-order valence-corrected chi connectivity index (χ0v) is 15.9. The van der Waals surface area contributed by atoms with E-state index in [1.54, 1.807) is 12.1 Å². The maximum Gasteiger partial charge on any atom is 0.115 e. The fraction of sp³-hybridized carbons (Fsp3) is 0.500. The summed E-state index contributed by atoms with van der Waals surface area (Å²) in [6, 6.07) is 14.8. The van der Waals surface area contributed by atoms with Gasteiger partial charge in [-0.15, -0.1) is 0 Å². The first-order valence-corrected chi connectivity index (χ1v) is 10.6. The van der Waals surface area contributed by atoms with E-state index in [4.69, 9.17) is 4.74 Å². The molecule has 0 aromatic heterocycles. The molecule has 27 heavy (non-hydrogen) atoms. The van der Waals surface area contributed by atoms with E-state index in [2.05, 4.69) is 23.5 Å². The van der Waals surface area contributed by atoms with E-state index >= 15 is 0 Å². The number of benzene rings is 2. The van der Waals surface area contributed by atoms with Gasteiger partial charge in [0.1, 0.15) is 5.75 Å². The smallest absolute Gasteiger partial charge is 0.115 e. The van der Waals surface area contributed by atoms with Crippen LogP contribution in [0.5, 0.6) is 5.75 Å². The normalized spacial score (nSPS) is 28.1. The summed E-state index contributed by atoms with van der Waals surface area (Å²) in [5, 5.41) is 13.5. The lowest BCUT2D eigenvalue weighted by Gasteiger charge is -2.47. The van der Waals surface area contributed by atoms with Gasteiger partial charge in [-0.1, -0.05) is 37.5 Å². The van der Waals surface area contributed by atoms with Crippen LogP contribution in [0.4, 0.5) is 5.69 Å². The number of anilines is 1. The van der Waals surface area contributed by atoms with Crippen LogP contribution in [0.1, 0.15) is 56.6 Å². The van der Waals surface area contributed by atoms with Crippen molar-refractivity contribution in [2.75, 3.05) is 11.9 Å². The van der Waals surface area contributed by atoms with Gasteiger partial charge in [-0.3, -0.25) is 0 Å². The van der Waals surface area contributed by atoms with Crippen LogP contribution in [0.2, 0.25) is 0 Å². The zero-order valence-electron chi connectivity index (χ0n) is 15.9. The van der Waals surface area contributed by atoms with Crippen molar-refractivity contribution in [3.63, 3.8) is 0 Å². The second-order valence-corrected chi connectivity index (χ2v) is 8.51. The van der Waals surface area contributed by atoms with Crippen molar-refractivity contribution < 1.29 is 9.84 Å². The van der Waals surface area contributed by atoms with Crippen LogP contribution >= 0.6 is 0 Å². The number of phenols is 1. The second-order valence-electron chi connectivity index (χ2n) is 8.51. The lowest BCUT2D eigenvalue weighted by atomic mass is 9.71. The van der Waals surface area contributed by atoms with Gasteiger partial charge in [0.25, 0.3) is 0 Å². The maximum atomic E-state index is 9.57. The van der Waals surface area contributed by atoms with E-state index in [1.807, 2.05) is 12.1 Å². The fourth-order valence-corrected chi connectivity index (χ4v) is 5.50. The summed E-state index contributed by atoms with van der Waals surface area (Å²) in [6.45, 7) is 0.876. The van der Waals surface area contributed by atoms with Crippen LogP contribution in [0.25, 0.3) is 11.1 Å².